The summed E-state index contributed by atoms with van der Waals surface area (Å²) < 4.78 is 6.11. The molecule has 0 saturated heterocycles. The van der Waals surface area contributed by atoms with E-state index in [-0.39, 0.29) is 16.7 Å². The maximum absolute atomic E-state index is 12.6. The van der Waals surface area contributed by atoms with Crippen LogP contribution in [-0.4, -0.2) is 12.5 Å². The molecule has 6 heteroatoms. The number of anilines is 1. The predicted molar refractivity (Wildman–Crippen MR) is 137 cm³/mol. The molecular weight excluding hydrogens is 430 g/mol. The zero-order valence-electron chi connectivity index (χ0n) is 20.6. The van der Waals surface area contributed by atoms with Crippen LogP contribution in [0.3, 0.4) is 0 Å². The summed E-state index contributed by atoms with van der Waals surface area (Å²) in [6, 6.07) is 16.0. The first-order chi connectivity index (χ1) is 15.6. The number of thioether (sulfide) groups is 1. The Balaban J connectivity index is 1.95. The Morgan fingerprint density at radius 2 is 1.73 bits per heavy atom. The van der Waals surface area contributed by atoms with Gasteiger partial charge >= 0.3 is 5.91 Å². The number of carbonyl (C=O) groups is 1. The van der Waals surface area contributed by atoms with Gasteiger partial charge < -0.3 is 10.1 Å². The summed E-state index contributed by atoms with van der Waals surface area (Å²) in [6.45, 7) is 14.1. The SMILES string of the molecule is CCCCOc1ccc(C(C)(C)CC(C)(C)C)cc1SC1=C(Nc2ccccc2)N=NC1=O. The highest BCUT2D eigenvalue weighted by atomic mass is 32.2. The van der Waals surface area contributed by atoms with Gasteiger partial charge in [-0.25, -0.2) is 0 Å². The Hall–Kier alpha value is -2.60. The molecule has 0 radical (unpaired) electrons. The molecule has 0 unspecified atom stereocenters. The topological polar surface area (TPSA) is 63.0 Å². The molecular formula is C27H35N3O2S. The first-order valence-corrected chi connectivity index (χ1v) is 12.4. The van der Waals surface area contributed by atoms with Gasteiger partial charge in [0, 0.05) is 5.69 Å². The lowest BCUT2D eigenvalue weighted by atomic mass is 9.72. The van der Waals surface area contributed by atoms with Gasteiger partial charge in [0.1, 0.15) is 10.7 Å². The van der Waals surface area contributed by atoms with Crippen LogP contribution in [0, 0.1) is 5.41 Å². The van der Waals surface area contributed by atoms with Crippen molar-refractivity contribution in [3.8, 4) is 5.75 Å². The van der Waals surface area contributed by atoms with Gasteiger partial charge in [-0.05, 0) is 53.5 Å². The third-order valence-corrected chi connectivity index (χ3v) is 6.46. The van der Waals surface area contributed by atoms with Crippen LogP contribution in [0.15, 0.2) is 74.4 Å². The molecule has 0 spiro atoms. The summed E-state index contributed by atoms with van der Waals surface area (Å²) in [5.41, 5.74) is 2.25. The number of hydrogen-bond acceptors (Lipinski definition) is 5. The van der Waals surface area contributed by atoms with Gasteiger partial charge in [0.15, 0.2) is 5.82 Å². The molecule has 3 rings (SSSR count). The quantitative estimate of drug-likeness (QED) is 0.362. The number of ether oxygens (including phenoxy) is 1. The van der Waals surface area contributed by atoms with Gasteiger partial charge in [-0.2, -0.15) is 0 Å². The molecule has 2 aromatic carbocycles. The van der Waals surface area contributed by atoms with Crippen molar-refractivity contribution >= 4 is 23.4 Å². The summed E-state index contributed by atoms with van der Waals surface area (Å²) in [5.74, 6) is 0.919. The van der Waals surface area contributed by atoms with Crippen LogP contribution >= 0.6 is 11.8 Å². The average molecular weight is 466 g/mol. The summed E-state index contributed by atoms with van der Waals surface area (Å²) >= 11 is 1.37. The maximum Gasteiger partial charge on any atom is 0.306 e. The van der Waals surface area contributed by atoms with Crippen molar-refractivity contribution in [2.24, 2.45) is 15.6 Å². The van der Waals surface area contributed by atoms with Crippen molar-refractivity contribution in [2.75, 3.05) is 11.9 Å². The Morgan fingerprint density at radius 1 is 1.00 bits per heavy atom. The number of carbonyl (C=O) groups excluding carboxylic acids is 1. The fourth-order valence-corrected chi connectivity index (χ4v) is 5.06. The van der Waals surface area contributed by atoms with Crippen molar-refractivity contribution in [1.82, 2.24) is 0 Å². The molecule has 176 valence electrons. The second kappa shape index (κ2) is 10.6. The molecule has 0 atom stereocenters. The van der Waals surface area contributed by atoms with Crippen LogP contribution in [0.4, 0.5) is 5.69 Å². The van der Waals surface area contributed by atoms with Crippen LogP contribution in [0.25, 0.3) is 0 Å². The van der Waals surface area contributed by atoms with Crippen LogP contribution in [0.5, 0.6) is 5.75 Å². The molecule has 5 nitrogen and oxygen atoms in total. The van der Waals surface area contributed by atoms with E-state index in [1.807, 2.05) is 36.4 Å². The fraction of sp³-hybridized carbons (Fsp3) is 0.444. The highest BCUT2D eigenvalue weighted by molar-refractivity contribution is 8.04. The lowest BCUT2D eigenvalue weighted by Crippen LogP contribution is -2.24. The zero-order valence-corrected chi connectivity index (χ0v) is 21.4. The third-order valence-electron chi connectivity index (χ3n) is 5.35. The minimum absolute atomic E-state index is 0.0244. The smallest absolute Gasteiger partial charge is 0.306 e. The van der Waals surface area contributed by atoms with Crippen LogP contribution in [-0.2, 0) is 10.2 Å². The van der Waals surface area contributed by atoms with Crippen molar-refractivity contribution < 1.29 is 9.53 Å². The number of rotatable bonds is 10. The Kier molecular flexibility index (Phi) is 8.01. The summed E-state index contributed by atoms with van der Waals surface area (Å²) in [7, 11) is 0. The van der Waals surface area contributed by atoms with Crippen LogP contribution in [0.1, 0.15) is 66.4 Å². The minimum atomic E-state index is -0.336. The largest absolute Gasteiger partial charge is 0.492 e. The van der Waals surface area contributed by atoms with Gasteiger partial charge in [-0.15, -0.1) is 10.2 Å². The molecule has 1 amide bonds. The van der Waals surface area contributed by atoms with Crippen molar-refractivity contribution in [2.45, 2.75) is 71.1 Å². The Labute approximate surface area is 202 Å². The number of hydrogen-bond donors (Lipinski definition) is 1. The number of amides is 1. The molecule has 33 heavy (non-hydrogen) atoms. The summed E-state index contributed by atoms with van der Waals surface area (Å²) in [5, 5.41) is 11.1. The van der Waals surface area contributed by atoms with Crippen LogP contribution in [0.2, 0.25) is 0 Å². The van der Waals surface area contributed by atoms with Gasteiger partial charge in [0.05, 0.1) is 11.5 Å². The normalized spacial score (nSPS) is 14.2. The van der Waals surface area contributed by atoms with Gasteiger partial charge in [0.2, 0.25) is 0 Å². The molecule has 0 bridgehead atoms. The molecule has 1 N–H and O–H groups in total. The zero-order chi connectivity index (χ0) is 24.1. The van der Waals surface area contributed by atoms with E-state index in [0.717, 1.165) is 35.6 Å². The number of unbranched alkanes of at least 4 members (excludes halogenated alkanes) is 1. The first-order valence-electron chi connectivity index (χ1n) is 11.6. The Morgan fingerprint density at radius 3 is 2.39 bits per heavy atom. The van der Waals surface area contributed by atoms with E-state index in [2.05, 4.69) is 69.2 Å². The fourth-order valence-electron chi connectivity index (χ4n) is 4.11. The van der Waals surface area contributed by atoms with E-state index >= 15 is 0 Å². The van der Waals surface area contributed by atoms with E-state index in [1.165, 1.54) is 17.3 Å². The van der Waals surface area contributed by atoms with Gasteiger partial charge in [-0.3, -0.25) is 4.79 Å². The molecule has 0 saturated carbocycles. The summed E-state index contributed by atoms with van der Waals surface area (Å²) in [4.78, 5) is 14.0. The minimum Gasteiger partial charge on any atom is -0.492 e. The van der Waals surface area contributed by atoms with E-state index in [1.54, 1.807) is 0 Å². The molecule has 0 aliphatic carbocycles. The number of para-hydroxylation sites is 1. The highest BCUT2D eigenvalue weighted by Crippen LogP contribution is 2.43. The second-order valence-corrected chi connectivity index (χ2v) is 11.3. The maximum atomic E-state index is 12.6. The van der Waals surface area contributed by atoms with Crippen molar-refractivity contribution in [3.05, 3.63) is 64.8 Å². The number of azo groups is 1. The van der Waals surface area contributed by atoms with Crippen molar-refractivity contribution in [1.29, 1.82) is 0 Å². The standard InChI is InChI=1S/C27H35N3O2S/c1-7-8-16-32-21-15-14-19(27(5,6)18-26(2,3)4)17-22(21)33-23-24(29-30-25(23)31)28-20-12-10-9-11-13-20/h9-15,17,28H,7-8,16,18H2,1-6H3. The Bertz CT molecular complexity index is 1040. The van der Waals surface area contributed by atoms with Gasteiger partial charge in [-0.1, -0.05) is 84.0 Å². The van der Waals surface area contributed by atoms with E-state index < -0.39 is 0 Å². The van der Waals surface area contributed by atoms with E-state index in [0.29, 0.717) is 17.3 Å². The number of nitrogens with one attached hydrogen (secondary N) is 1. The van der Waals surface area contributed by atoms with Crippen LogP contribution < -0.4 is 10.1 Å². The third kappa shape index (κ3) is 6.94. The average Bonchev–Trinajstić information content (AvgIpc) is 3.07. The lowest BCUT2D eigenvalue weighted by molar-refractivity contribution is -0.113. The predicted octanol–water partition coefficient (Wildman–Crippen LogP) is 7.95. The number of nitrogens with zero attached hydrogens (tertiary/aromatic N) is 2. The lowest BCUT2D eigenvalue weighted by Gasteiger charge is -2.33. The van der Waals surface area contributed by atoms with E-state index in [9.17, 15) is 4.79 Å². The highest BCUT2D eigenvalue weighted by Gasteiger charge is 2.29. The van der Waals surface area contributed by atoms with Gasteiger partial charge in [0.25, 0.3) is 0 Å². The molecule has 2 aromatic rings. The second-order valence-electron chi connectivity index (χ2n) is 10.3. The van der Waals surface area contributed by atoms with E-state index in [4.69, 9.17) is 4.74 Å². The first kappa shape index (κ1) is 25.0. The molecule has 0 fully saturated rings. The summed E-state index contributed by atoms with van der Waals surface area (Å²) in [6.07, 6.45) is 3.08. The molecule has 1 aliphatic rings. The molecule has 1 aliphatic heterocycles. The monoisotopic (exact) mass is 465 g/mol. The molecule has 0 aromatic heterocycles. The van der Waals surface area contributed by atoms with Crippen molar-refractivity contribution in [3.63, 3.8) is 0 Å². The molecule has 1 heterocycles. The number of benzene rings is 2.